The molecule has 0 saturated heterocycles. The fraction of sp³-hybridized carbons (Fsp3) is 0.929. The first-order chi connectivity index (χ1) is 8.13. The van der Waals surface area contributed by atoms with Gasteiger partial charge in [-0.1, -0.05) is 13.8 Å². The summed E-state index contributed by atoms with van der Waals surface area (Å²) in [5, 5.41) is 0. The molecule has 0 radical (unpaired) electrons. The summed E-state index contributed by atoms with van der Waals surface area (Å²) in [5.74, 6) is 1.26. The summed E-state index contributed by atoms with van der Waals surface area (Å²) in [6.07, 6.45) is 6.10. The van der Waals surface area contributed by atoms with Crippen LogP contribution in [0.1, 0.15) is 46.0 Å². The summed E-state index contributed by atoms with van der Waals surface area (Å²) in [6.45, 7) is 5.54. The number of methoxy groups -OCH3 is 1. The molecule has 0 aromatic rings. The van der Waals surface area contributed by atoms with Gasteiger partial charge in [-0.25, -0.2) is 0 Å². The van der Waals surface area contributed by atoms with Crippen molar-refractivity contribution in [3.8, 4) is 0 Å². The minimum atomic E-state index is -0.0110. The molecule has 2 rings (SSSR count). The van der Waals surface area contributed by atoms with Crippen LogP contribution in [-0.2, 0) is 9.53 Å². The Labute approximate surface area is 105 Å². The van der Waals surface area contributed by atoms with E-state index in [1.54, 1.807) is 0 Å². The van der Waals surface area contributed by atoms with Crippen molar-refractivity contribution in [3.63, 3.8) is 0 Å². The van der Waals surface area contributed by atoms with E-state index in [0.717, 1.165) is 6.54 Å². The molecule has 17 heavy (non-hydrogen) atoms. The van der Waals surface area contributed by atoms with Crippen molar-refractivity contribution in [1.29, 1.82) is 0 Å². The van der Waals surface area contributed by atoms with E-state index in [1.807, 2.05) is 0 Å². The summed E-state index contributed by atoms with van der Waals surface area (Å²) < 4.78 is 5.00. The number of hydrogen-bond acceptors (Lipinski definition) is 3. The van der Waals surface area contributed by atoms with Crippen LogP contribution in [0.25, 0.3) is 0 Å². The number of nitrogens with zero attached hydrogens (tertiary/aromatic N) is 1. The number of ether oxygens (including phenoxy) is 1. The number of carbonyl (C=O) groups is 1. The Bertz CT molecular complexity index is 269. The molecule has 0 aromatic heterocycles. The Morgan fingerprint density at radius 1 is 1.29 bits per heavy atom. The van der Waals surface area contributed by atoms with E-state index in [-0.39, 0.29) is 12.0 Å². The highest BCUT2D eigenvalue weighted by atomic mass is 16.5. The normalized spacial score (nSPS) is 21.9. The van der Waals surface area contributed by atoms with Gasteiger partial charge in [0, 0.05) is 6.04 Å². The number of rotatable bonds is 7. The second kappa shape index (κ2) is 5.38. The summed E-state index contributed by atoms with van der Waals surface area (Å²) in [4.78, 5) is 14.4. The van der Waals surface area contributed by atoms with Crippen LogP contribution in [0.4, 0.5) is 0 Å². The smallest absolute Gasteiger partial charge is 0.323 e. The van der Waals surface area contributed by atoms with Crippen LogP contribution in [0, 0.1) is 11.8 Å². The van der Waals surface area contributed by atoms with Gasteiger partial charge < -0.3 is 4.74 Å². The minimum Gasteiger partial charge on any atom is -0.468 e. The van der Waals surface area contributed by atoms with Crippen LogP contribution in [0.3, 0.4) is 0 Å². The van der Waals surface area contributed by atoms with Gasteiger partial charge in [-0.15, -0.1) is 0 Å². The molecule has 2 aliphatic rings. The summed E-state index contributed by atoms with van der Waals surface area (Å²) >= 11 is 0. The predicted molar refractivity (Wildman–Crippen MR) is 67.7 cm³/mol. The molecular formula is C14H25NO2. The van der Waals surface area contributed by atoms with Crippen molar-refractivity contribution in [2.24, 2.45) is 11.8 Å². The molecule has 0 aromatic carbocycles. The highest BCUT2D eigenvalue weighted by Gasteiger charge is 2.45. The first kappa shape index (κ1) is 12.9. The second-order valence-electron chi connectivity index (χ2n) is 5.96. The van der Waals surface area contributed by atoms with Crippen molar-refractivity contribution in [2.45, 2.75) is 58.0 Å². The Kier molecular flexibility index (Phi) is 4.08. The zero-order chi connectivity index (χ0) is 12.4. The van der Waals surface area contributed by atoms with Gasteiger partial charge in [0.2, 0.25) is 0 Å². The van der Waals surface area contributed by atoms with Gasteiger partial charge in [-0.05, 0) is 50.5 Å². The van der Waals surface area contributed by atoms with Crippen LogP contribution in [0.15, 0.2) is 0 Å². The lowest BCUT2D eigenvalue weighted by molar-refractivity contribution is -0.148. The first-order valence-electron chi connectivity index (χ1n) is 6.97. The molecule has 0 aliphatic heterocycles. The van der Waals surface area contributed by atoms with Gasteiger partial charge in [0.15, 0.2) is 0 Å². The highest BCUT2D eigenvalue weighted by Crippen LogP contribution is 2.40. The highest BCUT2D eigenvalue weighted by molar-refractivity contribution is 5.76. The molecule has 2 saturated carbocycles. The molecule has 0 bridgehead atoms. The Morgan fingerprint density at radius 2 is 1.94 bits per heavy atom. The average Bonchev–Trinajstić information content (AvgIpc) is 3.14. The standard InChI is InChI=1S/C14H25NO2/c1-10(2)8-9-15(12-6-7-12)13(11-4-5-11)14(16)17-3/h10-13H,4-9H2,1-3H3. The summed E-state index contributed by atoms with van der Waals surface area (Å²) in [6, 6.07) is 0.699. The number of carbonyl (C=O) groups excluding carboxylic acids is 1. The van der Waals surface area contributed by atoms with E-state index in [4.69, 9.17) is 4.74 Å². The number of esters is 1. The van der Waals surface area contributed by atoms with Gasteiger partial charge in [0.1, 0.15) is 6.04 Å². The van der Waals surface area contributed by atoms with Crippen LogP contribution in [0.2, 0.25) is 0 Å². The average molecular weight is 239 g/mol. The minimum absolute atomic E-state index is 0.0110. The van der Waals surface area contributed by atoms with E-state index in [1.165, 1.54) is 39.2 Å². The van der Waals surface area contributed by atoms with Gasteiger partial charge >= 0.3 is 5.97 Å². The van der Waals surface area contributed by atoms with E-state index in [2.05, 4.69) is 18.7 Å². The van der Waals surface area contributed by atoms with Gasteiger partial charge in [0.25, 0.3) is 0 Å². The molecule has 0 amide bonds. The monoisotopic (exact) mass is 239 g/mol. The first-order valence-corrected chi connectivity index (χ1v) is 6.97. The van der Waals surface area contributed by atoms with E-state index in [9.17, 15) is 4.79 Å². The van der Waals surface area contributed by atoms with Crippen molar-refractivity contribution >= 4 is 5.97 Å². The predicted octanol–water partition coefficient (Wildman–Crippen LogP) is 2.45. The molecule has 0 heterocycles. The molecule has 3 nitrogen and oxygen atoms in total. The SMILES string of the molecule is COC(=O)C(C1CC1)N(CCC(C)C)C1CC1. The third-order valence-electron chi connectivity index (χ3n) is 3.85. The third kappa shape index (κ3) is 3.44. The molecule has 2 aliphatic carbocycles. The second-order valence-corrected chi connectivity index (χ2v) is 5.96. The molecule has 98 valence electrons. The van der Waals surface area contributed by atoms with Crippen molar-refractivity contribution in [3.05, 3.63) is 0 Å². The van der Waals surface area contributed by atoms with Crippen LogP contribution < -0.4 is 0 Å². The topological polar surface area (TPSA) is 29.5 Å². The zero-order valence-electron chi connectivity index (χ0n) is 11.3. The maximum atomic E-state index is 11.9. The molecule has 3 heteroatoms. The van der Waals surface area contributed by atoms with E-state index < -0.39 is 0 Å². The van der Waals surface area contributed by atoms with Crippen molar-refractivity contribution < 1.29 is 9.53 Å². The van der Waals surface area contributed by atoms with Crippen LogP contribution in [-0.4, -0.2) is 36.6 Å². The zero-order valence-corrected chi connectivity index (χ0v) is 11.3. The van der Waals surface area contributed by atoms with Gasteiger partial charge in [0.05, 0.1) is 7.11 Å². The fourth-order valence-electron chi connectivity index (χ4n) is 2.49. The summed E-state index contributed by atoms with van der Waals surface area (Å²) in [7, 11) is 1.52. The quantitative estimate of drug-likeness (QED) is 0.639. The molecule has 0 N–H and O–H groups in total. The summed E-state index contributed by atoms with van der Waals surface area (Å²) in [5.41, 5.74) is 0. The van der Waals surface area contributed by atoms with Crippen LogP contribution >= 0.6 is 0 Å². The van der Waals surface area contributed by atoms with Crippen LogP contribution in [0.5, 0.6) is 0 Å². The molecule has 0 spiro atoms. The fourth-order valence-corrected chi connectivity index (χ4v) is 2.49. The van der Waals surface area contributed by atoms with E-state index >= 15 is 0 Å². The third-order valence-corrected chi connectivity index (χ3v) is 3.85. The Balaban J connectivity index is 1.98. The Hall–Kier alpha value is -0.570. The van der Waals surface area contributed by atoms with Gasteiger partial charge in [-0.2, -0.15) is 0 Å². The maximum Gasteiger partial charge on any atom is 0.323 e. The molecular weight excluding hydrogens is 214 g/mol. The lowest BCUT2D eigenvalue weighted by Crippen LogP contribution is -2.45. The van der Waals surface area contributed by atoms with Crippen molar-refractivity contribution in [2.75, 3.05) is 13.7 Å². The number of hydrogen-bond donors (Lipinski definition) is 0. The van der Waals surface area contributed by atoms with Gasteiger partial charge in [-0.3, -0.25) is 9.69 Å². The lowest BCUT2D eigenvalue weighted by Gasteiger charge is -2.30. The maximum absolute atomic E-state index is 11.9. The lowest BCUT2D eigenvalue weighted by atomic mass is 10.1. The largest absolute Gasteiger partial charge is 0.468 e. The molecule has 1 atom stereocenters. The molecule has 1 unspecified atom stereocenters. The van der Waals surface area contributed by atoms with Crippen molar-refractivity contribution in [1.82, 2.24) is 4.90 Å². The van der Waals surface area contributed by atoms with E-state index in [0.29, 0.717) is 17.9 Å². The molecule has 2 fully saturated rings. The Morgan fingerprint density at radius 3 is 2.35 bits per heavy atom.